The van der Waals surface area contributed by atoms with E-state index in [1.165, 1.54) is 0 Å². The first-order chi connectivity index (χ1) is 15.1. The van der Waals surface area contributed by atoms with Crippen molar-refractivity contribution in [1.82, 2.24) is 24.8 Å². The highest BCUT2D eigenvalue weighted by Gasteiger charge is 2.52. The molecular weight excluding hydrogens is 394 g/mol. The van der Waals surface area contributed by atoms with Crippen molar-refractivity contribution in [2.24, 2.45) is 0 Å². The van der Waals surface area contributed by atoms with Gasteiger partial charge in [0, 0.05) is 36.9 Å². The van der Waals surface area contributed by atoms with Gasteiger partial charge >= 0.3 is 0 Å². The topological polar surface area (TPSA) is 82.3 Å². The van der Waals surface area contributed by atoms with E-state index < -0.39 is 5.72 Å². The van der Waals surface area contributed by atoms with Gasteiger partial charge in [0.15, 0.2) is 5.72 Å². The van der Waals surface area contributed by atoms with Crippen molar-refractivity contribution in [2.45, 2.75) is 44.0 Å². The molecule has 4 aromatic rings. The largest absolute Gasteiger partial charge is 0.375 e. The molecule has 0 aliphatic carbocycles. The Morgan fingerprint density at radius 2 is 2.16 bits per heavy atom. The van der Waals surface area contributed by atoms with E-state index in [1.807, 2.05) is 19.4 Å². The first-order valence-electron chi connectivity index (χ1n) is 10.7. The second-order valence-corrected chi connectivity index (χ2v) is 8.88. The number of ether oxygens (including phenoxy) is 2. The third-order valence-electron chi connectivity index (χ3n) is 7.49. The molecule has 3 aliphatic heterocycles. The van der Waals surface area contributed by atoms with Crippen LogP contribution in [0.5, 0.6) is 0 Å². The predicted octanol–water partition coefficient (Wildman–Crippen LogP) is 2.60. The van der Waals surface area contributed by atoms with E-state index in [2.05, 4.69) is 44.9 Å². The van der Waals surface area contributed by atoms with Gasteiger partial charge in [0.2, 0.25) is 0 Å². The fourth-order valence-corrected chi connectivity index (χ4v) is 6.28. The Kier molecular flexibility index (Phi) is 3.22. The Bertz CT molecular complexity index is 1440. The van der Waals surface area contributed by atoms with Crippen LogP contribution in [0.15, 0.2) is 30.6 Å². The fourth-order valence-electron chi connectivity index (χ4n) is 6.28. The van der Waals surface area contributed by atoms with E-state index >= 15 is 0 Å². The molecule has 7 rings (SSSR count). The van der Waals surface area contributed by atoms with Gasteiger partial charge in [-0.1, -0.05) is 18.2 Å². The minimum atomic E-state index is -0.747. The molecule has 8 heteroatoms. The lowest BCUT2D eigenvalue weighted by Gasteiger charge is -2.48. The number of aromatic nitrogens is 3. The molecule has 0 unspecified atom stereocenters. The van der Waals surface area contributed by atoms with Crippen molar-refractivity contribution < 1.29 is 14.3 Å². The standard InChI is InChI=1S/C23H23N5O3/c1-23-21(30-3)13(24-2)8-15(31-23)27-10-26-18-17-12(9-25-22(17)29)16-11-6-4-5-7-14(11)28(23)19(16)20(18)27/h4-7,10,13,15,21,24H,8-9H2,1-3H3,(H,25,29)/t13-,15-,21-,23+/m1/s1. The SMILES string of the molecule is CN[C@@H]1C[C@H]2O[C@@](C)([C@@H]1OC)n1c3ccccc3c3c4c(c5ncn2c5c31)C(=O)NC4. The molecule has 1 amide bonds. The number of hydrogen-bond acceptors (Lipinski definition) is 5. The third kappa shape index (κ3) is 1.88. The molecule has 3 aliphatic rings. The number of carbonyl (C=O) groups excluding carboxylic acids is 1. The fraction of sp³-hybridized carbons (Fsp3) is 0.391. The van der Waals surface area contributed by atoms with Crippen molar-refractivity contribution in [3.05, 3.63) is 41.7 Å². The van der Waals surface area contributed by atoms with Crippen LogP contribution in [0.1, 0.15) is 35.5 Å². The van der Waals surface area contributed by atoms with Crippen molar-refractivity contribution >= 4 is 38.7 Å². The highest BCUT2D eigenvalue weighted by atomic mass is 16.6. The van der Waals surface area contributed by atoms with Gasteiger partial charge in [-0.2, -0.15) is 0 Å². The summed E-state index contributed by atoms with van der Waals surface area (Å²) in [5.74, 6) is -0.0544. The lowest BCUT2D eigenvalue weighted by Crippen LogP contribution is -2.59. The molecule has 0 spiro atoms. The zero-order valence-electron chi connectivity index (χ0n) is 17.6. The van der Waals surface area contributed by atoms with Gasteiger partial charge in [-0.25, -0.2) is 4.98 Å². The van der Waals surface area contributed by atoms with Crippen LogP contribution in [-0.2, 0) is 21.7 Å². The molecule has 0 radical (unpaired) electrons. The summed E-state index contributed by atoms with van der Waals surface area (Å²) in [5.41, 5.74) is 4.81. The number of imidazole rings is 1. The lowest BCUT2D eigenvalue weighted by atomic mass is 9.93. The molecule has 158 valence electrons. The van der Waals surface area contributed by atoms with Gasteiger partial charge in [-0.15, -0.1) is 0 Å². The van der Waals surface area contributed by atoms with Crippen LogP contribution in [0.2, 0.25) is 0 Å². The molecule has 2 aromatic carbocycles. The van der Waals surface area contributed by atoms with E-state index in [0.717, 1.165) is 44.8 Å². The number of carbonyl (C=O) groups is 1. The maximum Gasteiger partial charge on any atom is 0.254 e. The molecule has 2 N–H and O–H groups in total. The number of fused-ring (bicyclic) bond motifs is 10. The number of para-hydroxylation sites is 1. The monoisotopic (exact) mass is 417 g/mol. The Hall–Kier alpha value is -2.94. The van der Waals surface area contributed by atoms with E-state index in [4.69, 9.17) is 14.5 Å². The predicted molar refractivity (Wildman–Crippen MR) is 116 cm³/mol. The summed E-state index contributed by atoms with van der Waals surface area (Å²) < 4.78 is 17.3. The first kappa shape index (κ1) is 17.7. The van der Waals surface area contributed by atoms with E-state index in [1.54, 1.807) is 7.11 Å². The lowest BCUT2D eigenvalue weighted by molar-refractivity contribution is -0.257. The van der Waals surface area contributed by atoms with Crippen LogP contribution in [0.25, 0.3) is 32.8 Å². The van der Waals surface area contributed by atoms with Gasteiger partial charge < -0.3 is 29.2 Å². The highest BCUT2D eigenvalue weighted by molar-refractivity contribution is 6.24. The van der Waals surface area contributed by atoms with Gasteiger partial charge in [0.25, 0.3) is 5.91 Å². The Morgan fingerprint density at radius 3 is 2.97 bits per heavy atom. The molecule has 31 heavy (non-hydrogen) atoms. The summed E-state index contributed by atoms with van der Waals surface area (Å²) in [7, 11) is 3.72. The Morgan fingerprint density at radius 1 is 1.32 bits per heavy atom. The van der Waals surface area contributed by atoms with Crippen molar-refractivity contribution in [3.63, 3.8) is 0 Å². The summed E-state index contributed by atoms with van der Waals surface area (Å²) in [6, 6.07) is 8.45. The molecule has 5 heterocycles. The second-order valence-electron chi connectivity index (χ2n) is 8.88. The number of nitrogens with zero attached hydrogens (tertiary/aromatic N) is 3. The Labute approximate surface area is 178 Å². The number of methoxy groups -OCH3 is 1. The van der Waals surface area contributed by atoms with Crippen molar-refractivity contribution in [3.8, 4) is 0 Å². The van der Waals surface area contributed by atoms with Crippen molar-refractivity contribution in [2.75, 3.05) is 14.2 Å². The summed E-state index contributed by atoms with van der Waals surface area (Å²) in [4.78, 5) is 17.6. The molecule has 2 aromatic heterocycles. The molecule has 8 nitrogen and oxygen atoms in total. The molecule has 2 bridgehead atoms. The first-order valence-corrected chi connectivity index (χ1v) is 10.7. The normalized spacial score (nSPS) is 29.1. The Balaban J connectivity index is 1.77. The molecule has 1 saturated heterocycles. The van der Waals surface area contributed by atoms with E-state index in [-0.39, 0.29) is 24.3 Å². The van der Waals surface area contributed by atoms with Gasteiger partial charge in [0.1, 0.15) is 17.8 Å². The zero-order valence-corrected chi connectivity index (χ0v) is 17.6. The second kappa shape index (κ2) is 5.64. The quantitative estimate of drug-likeness (QED) is 0.524. The smallest absolute Gasteiger partial charge is 0.254 e. The van der Waals surface area contributed by atoms with Crippen LogP contribution in [0, 0.1) is 0 Å². The summed E-state index contributed by atoms with van der Waals surface area (Å²) in [5, 5.41) is 8.69. The number of nitrogens with one attached hydrogen (secondary N) is 2. The van der Waals surface area contributed by atoms with Crippen molar-refractivity contribution in [1.29, 1.82) is 0 Å². The maximum absolute atomic E-state index is 12.8. The van der Waals surface area contributed by atoms with Gasteiger partial charge in [-0.3, -0.25) is 4.79 Å². The minimum absolute atomic E-state index is 0.0544. The highest BCUT2D eigenvalue weighted by Crippen LogP contribution is 2.50. The van der Waals surface area contributed by atoms with Crippen LogP contribution < -0.4 is 10.6 Å². The van der Waals surface area contributed by atoms with Crippen LogP contribution in [0.4, 0.5) is 0 Å². The zero-order chi connectivity index (χ0) is 21.1. The molecule has 1 fully saturated rings. The third-order valence-corrected chi connectivity index (χ3v) is 7.49. The number of benzene rings is 2. The average Bonchev–Trinajstić information content (AvgIpc) is 3.44. The molecule has 4 atom stereocenters. The van der Waals surface area contributed by atoms with E-state index in [9.17, 15) is 4.79 Å². The minimum Gasteiger partial charge on any atom is -0.375 e. The summed E-state index contributed by atoms with van der Waals surface area (Å²) in [6.45, 7) is 2.63. The maximum atomic E-state index is 12.8. The number of likely N-dealkylation sites (N-methyl/N-ethyl adjacent to an activating group) is 1. The number of rotatable bonds is 2. The number of hydrogen-bond donors (Lipinski definition) is 2. The van der Waals surface area contributed by atoms with Gasteiger partial charge in [0.05, 0.1) is 28.4 Å². The molecule has 0 saturated carbocycles. The summed E-state index contributed by atoms with van der Waals surface area (Å²) in [6.07, 6.45) is 2.15. The van der Waals surface area contributed by atoms with Crippen LogP contribution >= 0.6 is 0 Å². The molecular formula is C23H23N5O3. The van der Waals surface area contributed by atoms with Gasteiger partial charge in [-0.05, 0) is 25.6 Å². The summed E-state index contributed by atoms with van der Waals surface area (Å²) >= 11 is 0. The van der Waals surface area contributed by atoms with Crippen LogP contribution in [-0.4, -0.2) is 46.3 Å². The number of amides is 1. The average molecular weight is 417 g/mol. The van der Waals surface area contributed by atoms with E-state index in [0.29, 0.717) is 12.1 Å². The van der Waals surface area contributed by atoms with Crippen LogP contribution in [0.3, 0.4) is 0 Å².